The Labute approximate surface area is 128 Å². The molecule has 0 atom stereocenters. The van der Waals surface area contributed by atoms with Crippen molar-refractivity contribution in [2.24, 2.45) is 0 Å². The molecule has 0 unspecified atom stereocenters. The van der Waals surface area contributed by atoms with Crippen molar-refractivity contribution in [3.63, 3.8) is 0 Å². The van der Waals surface area contributed by atoms with Crippen molar-refractivity contribution in [2.75, 3.05) is 0 Å². The fourth-order valence-corrected chi connectivity index (χ4v) is 2.15. The number of pyridine rings is 1. The predicted octanol–water partition coefficient (Wildman–Crippen LogP) is 4.36. The zero-order chi connectivity index (χ0) is 16.4. The summed E-state index contributed by atoms with van der Waals surface area (Å²) < 4.78 is 51.9. The van der Waals surface area contributed by atoms with Crippen LogP contribution >= 0.6 is 0 Å². The van der Waals surface area contributed by atoms with Gasteiger partial charge in [-0.1, -0.05) is 12.1 Å². The first-order chi connectivity index (χ1) is 10.9. The van der Waals surface area contributed by atoms with E-state index in [-0.39, 0.29) is 17.0 Å². The largest absolute Gasteiger partial charge is 0.416 e. The summed E-state index contributed by atoms with van der Waals surface area (Å²) >= 11 is 0. The highest BCUT2D eigenvalue weighted by Crippen LogP contribution is 2.34. The number of benzene rings is 1. The third kappa shape index (κ3) is 3.18. The van der Waals surface area contributed by atoms with E-state index < -0.39 is 17.7 Å². The lowest BCUT2D eigenvalue weighted by atomic mass is 10.0. The topological polar surface area (TPSA) is 38.7 Å². The fraction of sp³-hybridized carbons (Fsp3) is 0.0625. The van der Waals surface area contributed by atoms with Gasteiger partial charge in [-0.2, -0.15) is 17.6 Å². The molecule has 2 aromatic heterocycles. The molecule has 0 aliphatic carbocycles. The second-order valence-corrected chi connectivity index (χ2v) is 4.70. The van der Waals surface area contributed by atoms with E-state index in [9.17, 15) is 17.6 Å². The van der Waals surface area contributed by atoms with Gasteiger partial charge in [0.25, 0.3) is 0 Å². The molecule has 0 fully saturated rings. The second kappa shape index (κ2) is 5.75. The summed E-state index contributed by atoms with van der Waals surface area (Å²) in [5.41, 5.74) is 0.378. The first-order valence-corrected chi connectivity index (χ1v) is 6.56. The summed E-state index contributed by atoms with van der Waals surface area (Å²) in [7, 11) is 0. The summed E-state index contributed by atoms with van der Waals surface area (Å²) in [5, 5.41) is 0. The summed E-state index contributed by atoms with van der Waals surface area (Å²) in [6.07, 6.45) is -0.433. The molecule has 0 bridgehead atoms. The maximum Gasteiger partial charge on any atom is 0.416 e. The van der Waals surface area contributed by atoms with E-state index in [0.29, 0.717) is 5.56 Å². The van der Waals surface area contributed by atoms with Gasteiger partial charge in [0.2, 0.25) is 5.95 Å². The Morgan fingerprint density at radius 2 is 1.39 bits per heavy atom. The minimum atomic E-state index is -4.46. The highest BCUT2D eigenvalue weighted by atomic mass is 19.4. The van der Waals surface area contributed by atoms with Crippen LogP contribution in [0.5, 0.6) is 0 Å². The molecule has 0 amide bonds. The first kappa shape index (κ1) is 15.1. The zero-order valence-electron chi connectivity index (χ0n) is 11.5. The van der Waals surface area contributed by atoms with E-state index in [1.807, 2.05) is 0 Å². The standard InChI is InChI=1S/C16H9F4N3/c17-13-9-11(4-5-21-13)15-14(22-6-7-23-15)10-2-1-3-12(8-10)16(18,19)20/h1-9H. The molecule has 116 valence electrons. The number of nitrogens with zero attached hydrogens (tertiary/aromatic N) is 3. The van der Waals surface area contributed by atoms with Gasteiger partial charge in [-0.05, 0) is 18.2 Å². The molecule has 0 spiro atoms. The Kier molecular flexibility index (Phi) is 3.77. The summed E-state index contributed by atoms with van der Waals surface area (Å²) in [5.74, 6) is -0.705. The number of rotatable bonds is 2. The smallest absolute Gasteiger partial charge is 0.252 e. The molecule has 3 rings (SSSR count). The molecular formula is C16H9F4N3. The van der Waals surface area contributed by atoms with Crippen molar-refractivity contribution in [2.45, 2.75) is 6.18 Å². The summed E-state index contributed by atoms with van der Waals surface area (Å²) in [6.45, 7) is 0. The fourth-order valence-electron chi connectivity index (χ4n) is 2.15. The molecule has 2 heterocycles. The van der Waals surface area contributed by atoms with E-state index in [1.54, 1.807) is 0 Å². The van der Waals surface area contributed by atoms with Gasteiger partial charge in [-0.25, -0.2) is 4.98 Å². The summed E-state index contributed by atoms with van der Waals surface area (Å²) in [6, 6.07) is 7.44. The lowest BCUT2D eigenvalue weighted by molar-refractivity contribution is -0.137. The summed E-state index contributed by atoms with van der Waals surface area (Å²) in [4.78, 5) is 11.7. The molecule has 3 nitrogen and oxygen atoms in total. The highest BCUT2D eigenvalue weighted by molar-refractivity contribution is 5.77. The number of alkyl halides is 3. The van der Waals surface area contributed by atoms with Crippen LogP contribution in [0, 0.1) is 5.95 Å². The van der Waals surface area contributed by atoms with Crippen molar-refractivity contribution in [1.29, 1.82) is 0 Å². The van der Waals surface area contributed by atoms with Crippen LogP contribution in [-0.2, 0) is 6.18 Å². The molecule has 3 aromatic rings. The molecule has 0 aliphatic rings. The Balaban J connectivity index is 2.15. The number of hydrogen-bond acceptors (Lipinski definition) is 3. The number of hydrogen-bond donors (Lipinski definition) is 0. The van der Waals surface area contributed by atoms with Crippen LogP contribution in [-0.4, -0.2) is 15.0 Å². The van der Waals surface area contributed by atoms with Gasteiger partial charge in [-0.3, -0.25) is 9.97 Å². The Bertz CT molecular complexity index is 846. The maximum absolute atomic E-state index is 13.3. The van der Waals surface area contributed by atoms with Gasteiger partial charge in [0, 0.05) is 35.8 Å². The quantitative estimate of drug-likeness (QED) is 0.520. The molecule has 23 heavy (non-hydrogen) atoms. The van der Waals surface area contributed by atoms with Gasteiger partial charge in [0.05, 0.1) is 17.0 Å². The van der Waals surface area contributed by atoms with E-state index in [4.69, 9.17) is 0 Å². The zero-order valence-corrected chi connectivity index (χ0v) is 11.5. The second-order valence-electron chi connectivity index (χ2n) is 4.70. The normalized spacial score (nSPS) is 11.5. The van der Waals surface area contributed by atoms with Gasteiger partial charge >= 0.3 is 6.18 Å². The van der Waals surface area contributed by atoms with E-state index in [1.165, 1.54) is 36.8 Å². The Morgan fingerprint density at radius 1 is 0.739 bits per heavy atom. The van der Waals surface area contributed by atoms with Crippen LogP contribution < -0.4 is 0 Å². The van der Waals surface area contributed by atoms with E-state index in [0.717, 1.165) is 18.2 Å². The molecular weight excluding hydrogens is 310 g/mol. The average Bonchev–Trinajstić information content (AvgIpc) is 2.54. The van der Waals surface area contributed by atoms with Crippen molar-refractivity contribution < 1.29 is 17.6 Å². The molecule has 0 saturated carbocycles. The molecule has 0 saturated heterocycles. The first-order valence-electron chi connectivity index (χ1n) is 6.56. The Hall–Kier alpha value is -2.83. The van der Waals surface area contributed by atoms with Gasteiger partial charge in [0.15, 0.2) is 0 Å². The number of halogens is 4. The van der Waals surface area contributed by atoms with Crippen molar-refractivity contribution >= 4 is 0 Å². The van der Waals surface area contributed by atoms with Crippen LogP contribution in [0.4, 0.5) is 17.6 Å². The predicted molar refractivity (Wildman–Crippen MR) is 75.7 cm³/mol. The maximum atomic E-state index is 13.3. The van der Waals surface area contributed by atoms with E-state index >= 15 is 0 Å². The van der Waals surface area contributed by atoms with Crippen LogP contribution in [0.25, 0.3) is 22.5 Å². The minimum absolute atomic E-state index is 0.240. The third-order valence-electron chi connectivity index (χ3n) is 3.16. The van der Waals surface area contributed by atoms with Crippen molar-refractivity contribution in [3.05, 3.63) is 66.5 Å². The lowest BCUT2D eigenvalue weighted by Gasteiger charge is -2.11. The Morgan fingerprint density at radius 3 is 2.00 bits per heavy atom. The van der Waals surface area contributed by atoms with Crippen LogP contribution in [0.1, 0.15) is 5.56 Å². The molecule has 1 aromatic carbocycles. The van der Waals surface area contributed by atoms with Crippen LogP contribution in [0.15, 0.2) is 55.0 Å². The van der Waals surface area contributed by atoms with Crippen molar-refractivity contribution in [1.82, 2.24) is 15.0 Å². The molecule has 0 aliphatic heterocycles. The molecule has 0 radical (unpaired) electrons. The van der Waals surface area contributed by atoms with Gasteiger partial charge in [0.1, 0.15) is 0 Å². The van der Waals surface area contributed by atoms with Gasteiger partial charge < -0.3 is 0 Å². The SMILES string of the molecule is Fc1cc(-c2nccnc2-c2cccc(C(F)(F)F)c2)ccn1. The third-order valence-corrected chi connectivity index (χ3v) is 3.16. The van der Waals surface area contributed by atoms with E-state index in [2.05, 4.69) is 15.0 Å². The molecule has 7 heteroatoms. The highest BCUT2D eigenvalue weighted by Gasteiger charge is 2.30. The average molecular weight is 319 g/mol. The monoisotopic (exact) mass is 319 g/mol. The number of aromatic nitrogens is 3. The molecule has 0 N–H and O–H groups in total. The van der Waals surface area contributed by atoms with Crippen molar-refractivity contribution in [3.8, 4) is 22.5 Å². The minimum Gasteiger partial charge on any atom is -0.252 e. The lowest BCUT2D eigenvalue weighted by Crippen LogP contribution is -2.05. The van der Waals surface area contributed by atoms with Crippen LogP contribution in [0.3, 0.4) is 0 Å². The van der Waals surface area contributed by atoms with Gasteiger partial charge in [-0.15, -0.1) is 0 Å². The van der Waals surface area contributed by atoms with Crippen LogP contribution in [0.2, 0.25) is 0 Å².